The predicted octanol–water partition coefficient (Wildman–Crippen LogP) is 1.82. The molecule has 0 aliphatic rings. The number of ketones is 1. The lowest BCUT2D eigenvalue weighted by Crippen LogP contribution is -2.10. The van der Waals surface area contributed by atoms with Crippen LogP contribution in [0.2, 0.25) is 0 Å². The van der Waals surface area contributed by atoms with Crippen LogP contribution in [0.1, 0.15) is 39.4 Å². The molecular formula is C13H14N2O4. The first-order valence-corrected chi connectivity index (χ1v) is 5.84. The largest absolute Gasteiger partial charge is 0.463 e. The molecule has 0 atom stereocenters. The van der Waals surface area contributed by atoms with Gasteiger partial charge in [-0.25, -0.2) is 4.79 Å². The summed E-state index contributed by atoms with van der Waals surface area (Å²) >= 11 is 0. The quantitative estimate of drug-likeness (QED) is 0.620. The maximum atomic E-state index is 12.3. The molecule has 0 spiro atoms. The minimum absolute atomic E-state index is 0.00476. The number of hydrogen-bond donors (Lipinski definition) is 0. The molecule has 0 saturated heterocycles. The Hall–Kier alpha value is -2.37. The fourth-order valence-corrected chi connectivity index (χ4v) is 1.77. The van der Waals surface area contributed by atoms with Gasteiger partial charge in [0.25, 0.3) is 0 Å². The van der Waals surface area contributed by atoms with Crippen molar-refractivity contribution in [2.75, 3.05) is 7.11 Å². The number of furan rings is 1. The lowest BCUT2D eigenvalue weighted by atomic mass is 10.2. The van der Waals surface area contributed by atoms with Gasteiger partial charge in [0.1, 0.15) is 5.69 Å². The van der Waals surface area contributed by atoms with E-state index in [1.54, 1.807) is 10.7 Å². The van der Waals surface area contributed by atoms with Crippen molar-refractivity contribution in [2.45, 2.75) is 20.4 Å². The van der Waals surface area contributed by atoms with Crippen LogP contribution >= 0.6 is 0 Å². The molecule has 2 heterocycles. The Bertz CT molecular complexity index is 624. The topological polar surface area (TPSA) is 74.3 Å². The van der Waals surface area contributed by atoms with Gasteiger partial charge in [0.2, 0.25) is 11.5 Å². The van der Waals surface area contributed by atoms with Crippen molar-refractivity contribution in [1.29, 1.82) is 0 Å². The molecule has 0 radical (unpaired) electrons. The molecule has 2 aromatic heterocycles. The van der Waals surface area contributed by atoms with Crippen molar-refractivity contribution in [1.82, 2.24) is 9.78 Å². The second kappa shape index (κ2) is 5.09. The summed E-state index contributed by atoms with van der Waals surface area (Å²) in [5, 5.41) is 4.20. The first-order valence-electron chi connectivity index (χ1n) is 5.84. The van der Waals surface area contributed by atoms with E-state index in [-0.39, 0.29) is 17.3 Å². The van der Waals surface area contributed by atoms with Gasteiger partial charge in [0, 0.05) is 6.54 Å². The lowest BCUT2D eigenvalue weighted by Gasteiger charge is -2.01. The highest BCUT2D eigenvalue weighted by atomic mass is 16.5. The summed E-state index contributed by atoms with van der Waals surface area (Å²) in [4.78, 5) is 23.5. The number of carbonyl (C=O) groups is 2. The first kappa shape index (κ1) is 13.1. The first-order chi connectivity index (χ1) is 9.06. The highest BCUT2D eigenvalue weighted by Crippen LogP contribution is 2.15. The Morgan fingerprint density at radius 1 is 1.37 bits per heavy atom. The molecule has 0 unspecified atom stereocenters. The van der Waals surface area contributed by atoms with E-state index in [2.05, 4.69) is 9.84 Å². The number of esters is 1. The summed E-state index contributed by atoms with van der Waals surface area (Å²) in [6.45, 7) is 4.29. The number of nitrogens with zero attached hydrogens (tertiary/aromatic N) is 2. The Kier molecular flexibility index (Phi) is 3.50. The monoisotopic (exact) mass is 262 g/mol. The van der Waals surface area contributed by atoms with Crippen LogP contribution in [0, 0.1) is 6.92 Å². The van der Waals surface area contributed by atoms with Crippen LogP contribution in [0.15, 0.2) is 22.6 Å². The summed E-state index contributed by atoms with van der Waals surface area (Å²) in [5.74, 6) is -0.822. The van der Waals surface area contributed by atoms with E-state index in [9.17, 15) is 9.59 Å². The predicted molar refractivity (Wildman–Crippen MR) is 66.1 cm³/mol. The zero-order valence-electron chi connectivity index (χ0n) is 11.0. The second-order valence-corrected chi connectivity index (χ2v) is 3.97. The van der Waals surface area contributed by atoms with Gasteiger partial charge in [0.15, 0.2) is 5.76 Å². The SMILES string of the molecule is CCn1nc(C)cc1C(=O)c1ccc(C(=O)OC)o1. The highest BCUT2D eigenvalue weighted by molar-refractivity contribution is 6.06. The summed E-state index contributed by atoms with van der Waals surface area (Å²) < 4.78 is 11.3. The van der Waals surface area contributed by atoms with Gasteiger partial charge in [-0.05, 0) is 32.0 Å². The Morgan fingerprint density at radius 2 is 2.05 bits per heavy atom. The fourth-order valence-electron chi connectivity index (χ4n) is 1.77. The number of hydrogen-bond acceptors (Lipinski definition) is 5. The fraction of sp³-hybridized carbons (Fsp3) is 0.308. The maximum Gasteiger partial charge on any atom is 0.373 e. The van der Waals surface area contributed by atoms with E-state index < -0.39 is 5.97 Å². The van der Waals surface area contributed by atoms with E-state index in [1.807, 2.05) is 13.8 Å². The molecule has 0 N–H and O–H groups in total. The van der Waals surface area contributed by atoms with Crippen molar-refractivity contribution >= 4 is 11.8 Å². The third-order valence-corrected chi connectivity index (χ3v) is 2.65. The van der Waals surface area contributed by atoms with Crippen molar-refractivity contribution in [3.05, 3.63) is 41.1 Å². The second-order valence-electron chi connectivity index (χ2n) is 3.97. The van der Waals surface area contributed by atoms with E-state index in [1.165, 1.54) is 19.2 Å². The van der Waals surface area contributed by atoms with Gasteiger partial charge in [-0.1, -0.05) is 0 Å². The van der Waals surface area contributed by atoms with E-state index in [0.717, 1.165) is 5.69 Å². The van der Waals surface area contributed by atoms with Gasteiger partial charge >= 0.3 is 5.97 Å². The summed E-state index contributed by atoms with van der Waals surface area (Å²) in [6.07, 6.45) is 0. The number of methoxy groups -OCH3 is 1. The molecule has 6 heteroatoms. The standard InChI is InChI=1S/C13H14N2O4/c1-4-15-9(7-8(2)14-15)12(16)10-5-6-11(19-10)13(17)18-3/h5-7H,4H2,1-3H3. The van der Waals surface area contributed by atoms with Crippen LogP contribution in [-0.2, 0) is 11.3 Å². The molecule has 0 fully saturated rings. The minimum atomic E-state index is -0.612. The Labute approximate surface area is 110 Å². The number of aromatic nitrogens is 2. The maximum absolute atomic E-state index is 12.3. The zero-order chi connectivity index (χ0) is 14.0. The van der Waals surface area contributed by atoms with Crippen LogP contribution in [0.5, 0.6) is 0 Å². The van der Waals surface area contributed by atoms with Crippen LogP contribution in [0.4, 0.5) is 0 Å². The summed E-state index contributed by atoms with van der Waals surface area (Å²) in [7, 11) is 1.25. The summed E-state index contributed by atoms with van der Waals surface area (Å²) in [6, 6.07) is 4.56. The van der Waals surface area contributed by atoms with E-state index in [0.29, 0.717) is 12.2 Å². The van der Waals surface area contributed by atoms with Crippen molar-refractivity contribution in [3.8, 4) is 0 Å². The van der Waals surface area contributed by atoms with Crippen LogP contribution in [0.3, 0.4) is 0 Å². The molecule has 2 aromatic rings. The molecule has 0 bridgehead atoms. The zero-order valence-corrected chi connectivity index (χ0v) is 11.0. The van der Waals surface area contributed by atoms with E-state index >= 15 is 0 Å². The lowest BCUT2D eigenvalue weighted by molar-refractivity contribution is 0.0563. The molecule has 0 saturated carbocycles. The average Bonchev–Trinajstić information content (AvgIpc) is 3.03. The molecule has 0 amide bonds. The molecule has 19 heavy (non-hydrogen) atoms. The molecule has 2 rings (SSSR count). The Balaban J connectivity index is 2.33. The number of ether oxygens (including phenoxy) is 1. The molecule has 0 aromatic carbocycles. The molecule has 6 nitrogen and oxygen atoms in total. The minimum Gasteiger partial charge on any atom is -0.463 e. The molecule has 0 aliphatic heterocycles. The Morgan fingerprint density at radius 3 is 2.68 bits per heavy atom. The number of rotatable bonds is 4. The van der Waals surface area contributed by atoms with Gasteiger partial charge in [-0.15, -0.1) is 0 Å². The van der Waals surface area contributed by atoms with Crippen LogP contribution < -0.4 is 0 Å². The van der Waals surface area contributed by atoms with Crippen LogP contribution in [-0.4, -0.2) is 28.6 Å². The van der Waals surface area contributed by atoms with E-state index in [4.69, 9.17) is 4.42 Å². The third kappa shape index (κ3) is 2.42. The van der Waals surface area contributed by atoms with Gasteiger partial charge in [-0.2, -0.15) is 5.10 Å². The summed E-state index contributed by atoms with van der Waals surface area (Å²) in [5.41, 5.74) is 1.19. The van der Waals surface area contributed by atoms with Crippen LogP contribution in [0.25, 0.3) is 0 Å². The van der Waals surface area contributed by atoms with Crippen molar-refractivity contribution in [2.24, 2.45) is 0 Å². The van der Waals surface area contributed by atoms with Gasteiger partial charge < -0.3 is 9.15 Å². The smallest absolute Gasteiger partial charge is 0.373 e. The molecule has 100 valence electrons. The third-order valence-electron chi connectivity index (χ3n) is 2.65. The van der Waals surface area contributed by atoms with Crippen molar-refractivity contribution in [3.63, 3.8) is 0 Å². The number of aryl methyl sites for hydroxylation is 2. The van der Waals surface area contributed by atoms with Crippen molar-refractivity contribution < 1.29 is 18.7 Å². The molecular weight excluding hydrogens is 248 g/mol. The number of carbonyl (C=O) groups excluding carboxylic acids is 2. The van der Waals surface area contributed by atoms with Gasteiger partial charge in [0.05, 0.1) is 12.8 Å². The molecule has 0 aliphatic carbocycles. The van der Waals surface area contributed by atoms with Gasteiger partial charge in [-0.3, -0.25) is 9.48 Å². The average molecular weight is 262 g/mol. The normalized spacial score (nSPS) is 10.5. The highest BCUT2D eigenvalue weighted by Gasteiger charge is 2.20.